The summed E-state index contributed by atoms with van der Waals surface area (Å²) in [5.74, 6) is 0.0362. The Hall–Kier alpha value is -5.08. The summed E-state index contributed by atoms with van der Waals surface area (Å²) in [5.41, 5.74) is 3.17. The Bertz CT molecular complexity index is 1690. The number of urea groups is 1. The first kappa shape index (κ1) is 28.4. The first-order valence-corrected chi connectivity index (χ1v) is 13.4. The molecule has 4 aromatic rings. The normalized spacial score (nSPS) is 14.1. The smallest absolute Gasteiger partial charge is 0.335 e. The van der Waals surface area contributed by atoms with E-state index in [4.69, 9.17) is 25.8 Å². The monoisotopic (exact) mass is 582 g/mol. The van der Waals surface area contributed by atoms with Crippen LogP contribution in [-0.4, -0.2) is 25.0 Å². The number of carbonyl (C=O) groups excluding carboxylic acids is 3. The molecule has 0 unspecified atom stereocenters. The minimum absolute atomic E-state index is 0.183. The topological polar surface area (TPSA) is 94.2 Å². The van der Waals surface area contributed by atoms with Crippen LogP contribution in [0.4, 0.5) is 10.5 Å². The maximum absolute atomic E-state index is 13.4. The SMILES string of the molecule is COc1cc(COc2ccccc2/C=C2\C(=O)NC(=O)N(c3ccc(C)c(Cl)c3)C2=O)ccc1OCc1ccccc1. The number of aryl methyl sites for hydroxylation is 1. The van der Waals surface area contributed by atoms with Gasteiger partial charge in [-0.15, -0.1) is 0 Å². The quantitative estimate of drug-likeness (QED) is 0.179. The first-order valence-electron chi connectivity index (χ1n) is 13.1. The second-order valence-electron chi connectivity index (χ2n) is 9.48. The Morgan fingerprint density at radius 3 is 2.26 bits per heavy atom. The Morgan fingerprint density at radius 1 is 0.786 bits per heavy atom. The van der Waals surface area contributed by atoms with E-state index in [0.29, 0.717) is 34.4 Å². The van der Waals surface area contributed by atoms with Crippen LogP contribution >= 0.6 is 11.6 Å². The Kier molecular flexibility index (Phi) is 8.55. The molecule has 0 saturated carbocycles. The molecule has 0 radical (unpaired) electrons. The largest absolute Gasteiger partial charge is 0.493 e. The number of benzene rings is 4. The van der Waals surface area contributed by atoms with Crippen LogP contribution in [0.1, 0.15) is 22.3 Å². The van der Waals surface area contributed by atoms with Crippen molar-refractivity contribution < 1.29 is 28.6 Å². The predicted octanol–water partition coefficient (Wildman–Crippen LogP) is 6.48. The molecule has 5 rings (SSSR count). The molecule has 1 saturated heterocycles. The molecule has 1 aliphatic rings. The number of halogens is 1. The van der Waals surface area contributed by atoms with Gasteiger partial charge in [0.1, 0.15) is 24.5 Å². The van der Waals surface area contributed by atoms with Crippen LogP contribution in [0.5, 0.6) is 17.2 Å². The van der Waals surface area contributed by atoms with Gasteiger partial charge in [-0.1, -0.05) is 72.3 Å². The van der Waals surface area contributed by atoms with Crippen LogP contribution in [0.3, 0.4) is 0 Å². The van der Waals surface area contributed by atoms with Gasteiger partial charge in [-0.25, -0.2) is 9.69 Å². The minimum Gasteiger partial charge on any atom is -0.493 e. The molecule has 1 aliphatic heterocycles. The third-order valence-electron chi connectivity index (χ3n) is 6.59. The zero-order valence-electron chi connectivity index (χ0n) is 22.9. The standard InChI is InChI=1S/C33H27ClN2O6/c1-21-12-14-25(18-27(21)34)36-32(38)26(31(37)35-33(36)39)17-24-10-6-7-11-28(24)41-20-23-13-15-29(30(16-23)40-2)42-19-22-8-4-3-5-9-22/h3-18H,19-20H2,1-2H3,(H,35,37,39)/b26-17+. The van der Waals surface area contributed by atoms with Gasteiger partial charge in [-0.05, 0) is 60.0 Å². The molecule has 8 nitrogen and oxygen atoms in total. The summed E-state index contributed by atoms with van der Waals surface area (Å²) in [6, 6.07) is 26.3. The van der Waals surface area contributed by atoms with Crippen LogP contribution in [0.2, 0.25) is 5.02 Å². The van der Waals surface area contributed by atoms with Crippen LogP contribution in [-0.2, 0) is 22.8 Å². The summed E-state index contributed by atoms with van der Waals surface area (Å²) < 4.78 is 17.6. The van der Waals surface area contributed by atoms with Gasteiger partial charge >= 0.3 is 6.03 Å². The minimum atomic E-state index is -0.850. The fraction of sp³-hybridized carbons (Fsp3) is 0.121. The number of hydrogen-bond donors (Lipinski definition) is 1. The summed E-state index contributed by atoms with van der Waals surface area (Å²) in [6.07, 6.45) is 1.41. The van der Waals surface area contributed by atoms with Crippen molar-refractivity contribution in [2.75, 3.05) is 12.0 Å². The van der Waals surface area contributed by atoms with Crippen molar-refractivity contribution >= 4 is 41.2 Å². The Morgan fingerprint density at radius 2 is 1.50 bits per heavy atom. The maximum atomic E-state index is 13.4. The highest BCUT2D eigenvalue weighted by Crippen LogP contribution is 2.31. The van der Waals surface area contributed by atoms with Crippen LogP contribution < -0.4 is 24.4 Å². The summed E-state index contributed by atoms with van der Waals surface area (Å²) >= 11 is 6.22. The van der Waals surface area contributed by atoms with E-state index in [2.05, 4.69) is 5.32 Å². The molecular formula is C33H27ClN2O6. The molecule has 9 heteroatoms. The molecule has 1 heterocycles. The van der Waals surface area contributed by atoms with Crippen molar-refractivity contribution in [3.8, 4) is 17.2 Å². The molecule has 0 aliphatic carbocycles. The highest BCUT2D eigenvalue weighted by atomic mass is 35.5. The molecular weight excluding hydrogens is 556 g/mol. The maximum Gasteiger partial charge on any atom is 0.335 e. The Labute approximate surface area is 248 Å². The zero-order chi connectivity index (χ0) is 29.6. The van der Waals surface area contributed by atoms with E-state index in [1.54, 1.807) is 50.4 Å². The van der Waals surface area contributed by atoms with E-state index in [1.807, 2.05) is 48.5 Å². The van der Waals surface area contributed by atoms with E-state index in [9.17, 15) is 14.4 Å². The number of ether oxygens (including phenoxy) is 3. The molecule has 0 spiro atoms. The van der Waals surface area contributed by atoms with Gasteiger partial charge in [-0.2, -0.15) is 0 Å². The zero-order valence-corrected chi connectivity index (χ0v) is 23.7. The molecule has 0 aromatic heterocycles. The van der Waals surface area contributed by atoms with Gasteiger partial charge in [0.05, 0.1) is 12.8 Å². The summed E-state index contributed by atoms with van der Waals surface area (Å²) in [5, 5.41) is 2.62. The summed E-state index contributed by atoms with van der Waals surface area (Å²) in [7, 11) is 1.57. The second kappa shape index (κ2) is 12.6. The van der Waals surface area contributed by atoms with E-state index >= 15 is 0 Å². The highest BCUT2D eigenvalue weighted by molar-refractivity contribution is 6.39. The van der Waals surface area contributed by atoms with Crippen molar-refractivity contribution in [1.29, 1.82) is 0 Å². The van der Waals surface area contributed by atoms with E-state index < -0.39 is 17.8 Å². The number of nitrogens with zero attached hydrogens (tertiary/aromatic N) is 1. The van der Waals surface area contributed by atoms with Gasteiger partial charge in [0, 0.05) is 10.6 Å². The van der Waals surface area contributed by atoms with E-state index in [0.717, 1.165) is 21.6 Å². The predicted molar refractivity (Wildman–Crippen MR) is 160 cm³/mol. The molecule has 0 bridgehead atoms. The molecule has 4 amide bonds. The fourth-order valence-electron chi connectivity index (χ4n) is 4.32. The number of imide groups is 2. The lowest BCUT2D eigenvalue weighted by Crippen LogP contribution is -2.54. The first-order chi connectivity index (χ1) is 20.3. The van der Waals surface area contributed by atoms with Gasteiger partial charge in [0.15, 0.2) is 11.5 Å². The van der Waals surface area contributed by atoms with Gasteiger partial charge in [-0.3, -0.25) is 14.9 Å². The second-order valence-corrected chi connectivity index (χ2v) is 9.88. The lowest BCUT2D eigenvalue weighted by molar-refractivity contribution is -0.122. The number of nitrogens with one attached hydrogen (secondary N) is 1. The molecule has 212 valence electrons. The van der Waals surface area contributed by atoms with Crippen molar-refractivity contribution in [2.45, 2.75) is 20.1 Å². The number of amides is 4. The number of anilines is 1. The lowest BCUT2D eigenvalue weighted by Gasteiger charge is -2.26. The molecule has 1 N–H and O–H groups in total. The molecule has 4 aromatic carbocycles. The number of hydrogen-bond acceptors (Lipinski definition) is 6. The third kappa shape index (κ3) is 6.29. The summed E-state index contributed by atoms with van der Waals surface area (Å²) in [6.45, 7) is 2.39. The number of methoxy groups -OCH3 is 1. The van der Waals surface area contributed by atoms with Crippen molar-refractivity contribution in [1.82, 2.24) is 5.32 Å². The van der Waals surface area contributed by atoms with Crippen molar-refractivity contribution in [3.05, 3.63) is 124 Å². The van der Waals surface area contributed by atoms with E-state index in [-0.39, 0.29) is 17.9 Å². The lowest BCUT2D eigenvalue weighted by atomic mass is 10.1. The van der Waals surface area contributed by atoms with Crippen LogP contribution in [0.15, 0.2) is 96.6 Å². The third-order valence-corrected chi connectivity index (χ3v) is 7.00. The number of para-hydroxylation sites is 1. The van der Waals surface area contributed by atoms with Gasteiger partial charge < -0.3 is 14.2 Å². The van der Waals surface area contributed by atoms with Crippen molar-refractivity contribution in [2.24, 2.45) is 0 Å². The average Bonchev–Trinajstić information content (AvgIpc) is 3.00. The number of carbonyl (C=O) groups is 3. The average molecular weight is 583 g/mol. The molecule has 0 atom stereocenters. The van der Waals surface area contributed by atoms with Crippen LogP contribution in [0.25, 0.3) is 6.08 Å². The van der Waals surface area contributed by atoms with Gasteiger partial charge in [0.25, 0.3) is 11.8 Å². The molecule has 42 heavy (non-hydrogen) atoms. The molecule has 1 fully saturated rings. The Balaban J connectivity index is 1.34. The number of barbiturate groups is 1. The van der Waals surface area contributed by atoms with E-state index in [1.165, 1.54) is 12.1 Å². The fourth-order valence-corrected chi connectivity index (χ4v) is 4.49. The van der Waals surface area contributed by atoms with Crippen molar-refractivity contribution in [3.63, 3.8) is 0 Å². The summed E-state index contributed by atoms with van der Waals surface area (Å²) in [4.78, 5) is 39.5. The highest BCUT2D eigenvalue weighted by Gasteiger charge is 2.37. The van der Waals surface area contributed by atoms with Crippen LogP contribution in [0, 0.1) is 6.92 Å². The van der Waals surface area contributed by atoms with Gasteiger partial charge in [0.2, 0.25) is 0 Å². The number of rotatable bonds is 9.